The highest BCUT2D eigenvalue weighted by Crippen LogP contribution is 2.61. The van der Waals surface area contributed by atoms with Crippen molar-refractivity contribution < 1.29 is 4.79 Å². The Kier molecular flexibility index (Phi) is 7.01. The number of allylic oxidation sites excluding steroid dienone is 2. The van der Waals surface area contributed by atoms with Crippen molar-refractivity contribution in [1.82, 2.24) is 10.3 Å². The molecule has 4 fully saturated rings. The lowest BCUT2D eigenvalue weighted by molar-refractivity contribution is -0.124. The summed E-state index contributed by atoms with van der Waals surface area (Å²) in [6.07, 6.45) is 18.0. The molecule has 4 saturated carbocycles. The van der Waals surface area contributed by atoms with E-state index in [2.05, 4.69) is 40.7 Å². The molecule has 0 spiro atoms. The van der Waals surface area contributed by atoms with Gasteiger partial charge in [-0.2, -0.15) is 0 Å². The molecule has 1 atom stereocenters. The van der Waals surface area contributed by atoms with Crippen molar-refractivity contribution in [3.8, 4) is 0 Å². The Labute approximate surface area is 215 Å². The maximum atomic E-state index is 13.2. The molecule has 1 amide bonds. The summed E-state index contributed by atoms with van der Waals surface area (Å²) in [5.74, 6) is 4.37. The molecule has 1 heterocycles. The zero-order chi connectivity index (χ0) is 24.4. The van der Waals surface area contributed by atoms with E-state index < -0.39 is 0 Å². The van der Waals surface area contributed by atoms with Crippen LogP contribution < -0.4 is 16.0 Å². The number of carbonyl (C=O) groups excluding carboxylic acids is 1. The number of aromatic nitrogens is 1. The third kappa shape index (κ3) is 5.46. The predicted molar refractivity (Wildman–Crippen MR) is 147 cm³/mol. The standard InChI is InChI=1S/C31H41N4O/c36-30(20-31-17-23-14-24(18-31)16-25(15-23)19-31)35-28-9-4-8-27-26(28)10-11-29(34-27)33-13-5-12-32-21-22-6-2-1-3-7-22/h1-2,4,8-11,21-25,32H,3,5-7,12-20H2,(H,33,34)(H,35,36). The summed E-state index contributed by atoms with van der Waals surface area (Å²) in [5.41, 5.74) is 2.07. The molecule has 36 heavy (non-hydrogen) atoms. The summed E-state index contributed by atoms with van der Waals surface area (Å²) < 4.78 is 0. The highest BCUT2D eigenvalue weighted by molar-refractivity contribution is 6.01. The highest BCUT2D eigenvalue weighted by atomic mass is 16.1. The van der Waals surface area contributed by atoms with E-state index in [1.807, 2.05) is 24.3 Å². The Balaban J connectivity index is 1.00. The lowest BCUT2D eigenvalue weighted by atomic mass is 9.49. The van der Waals surface area contributed by atoms with Crippen molar-refractivity contribution in [3.63, 3.8) is 0 Å². The van der Waals surface area contributed by atoms with Crippen molar-refractivity contribution in [2.75, 3.05) is 23.7 Å². The number of amides is 1. The van der Waals surface area contributed by atoms with E-state index in [9.17, 15) is 4.79 Å². The van der Waals surface area contributed by atoms with E-state index in [4.69, 9.17) is 4.98 Å². The Bertz CT molecular complexity index is 1070. The fraction of sp³-hybridized carbons (Fsp3) is 0.581. The number of anilines is 2. The Morgan fingerprint density at radius 2 is 1.81 bits per heavy atom. The monoisotopic (exact) mass is 485 g/mol. The van der Waals surface area contributed by atoms with Gasteiger partial charge in [-0.05, 0) is 124 Å². The molecular weight excluding hydrogens is 444 g/mol. The Morgan fingerprint density at radius 3 is 2.56 bits per heavy atom. The molecule has 5 heteroatoms. The van der Waals surface area contributed by atoms with Crippen LogP contribution in [0.4, 0.5) is 11.5 Å². The molecule has 3 N–H and O–H groups in total. The first-order chi connectivity index (χ1) is 17.6. The minimum absolute atomic E-state index is 0.181. The van der Waals surface area contributed by atoms with E-state index in [1.165, 1.54) is 51.4 Å². The van der Waals surface area contributed by atoms with Crippen molar-refractivity contribution in [2.45, 2.75) is 70.6 Å². The van der Waals surface area contributed by atoms with Gasteiger partial charge in [0.2, 0.25) is 5.91 Å². The number of hydrogen-bond acceptors (Lipinski definition) is 4. The second-order valence-electron chi connectivity index (χ2n) is 12.2. The predicted octanol–water partition coefficient (Wildman–Crippen LogP) is 6.69. The van der Waals surface area contributed by atoms with Gasteiger partial charge < -0.3 is 16.0 Å². The van der Waals surface area contributed by atoms with Gasteiger partial charge in [0.25, 0.3) is 0 Å². The number of pyridine rings is 1. The van der Waals surface area contributed by atoms with Crippen LogP contribution in [0.15, 0.2) is 42.5 Å². The van der Waals surface area contributed by atoms with Gasteiger partial charge in [0.1, 0.15) is 5.82 Å². The van der Waals surface area contributed by atoms with Crippen molar-refractivity contribution in [3.05, 3.63) is 49.0 Å². The SMILES string of the molecule is O=C(CC12CC3CC(CC(C3)C1)C2)Nc1cccc2nc(NCCCN[CH]C3CC=CCC3)ccc12. The summed E-state index contributed by atoms with van der Waals surface area (Å²) in [7, 11) is 0. The number of hydrogen-bond donors (Lipinski definition) is 3. The summed E-state index contributed by atoms with van der Waals surface area (Å²) in [6, 6.07) is 10.2. The molecule has 1 radical (unpaired) electrons. The van der Waals surface area contributed by atoms with Crippen LogP contribution in [0.1, 0.15) is 70.6 Å². The Morgan fingerprint density at radius 1 is 1.00 bits per heavy atom. The van der Waals surface area contributed by atoms with Crippen LogP contribution in [-0.4, -0.2) is 24.0 Å². The zero-order valence-corrected chi connectivity index (χ0v) is 21.5. The molecule has 2 aromatic rings. The van der Waals surface area contributed by atoms with Gasteiger partial charge in [0.05, 0.1) is 11.2 Å². The van der Waals surface area contributed by atoms with Crippen LogP contribution in [0.3, 0.4) is 0 Å². The summed E-state index contributed by atoms with van der Waals surface area (Å²) in [6.45, 7) is 4.13. The lowest BCUT2D eigenvalue weighted by Crippen LogP contribution is -2.47. The third-order valence-corrected chi connectivity index (χ3v) is 9.17. The van der Waals surface area contributed by atoms with Crippen LogP contribution in [0.2, 0.25) is 0 Å². The average molecular weight is 486 g/mol. The summed E-state index contributed by atoms with van der Waals surface area (Å²) in [4.78, 5) is 18.0. The van der Waals surface area contributed by atoms with E-state index in [0.29, 0.717) is 12.3 Å². The summed E-state index contributed by atoms with van der Waals surface area (Å²) in [5, 5.41) is 11.2. The quantitative estimate of drug-likeness (QED) is 0.259. The topological polar surface area (TPSA) is 66.0 Å². The first-order valence-electron chi connectivity index (χ1n) is 14.3. The molecular formula is C31H41N4O. The maximum absolute atomic E-state index is 13.2. The number of carbonyl (C=O) groups is 1. The van der Waals surface area contributed by atoms with Gasteiger partial charge >= 0.3 is 0 Å². The minimum atomic E-state index is 0.181. The minimum Gasteiger partial charge on any atom is -0.370 e. The fourth-order valence-corrected chi connectivity index (χ4v) is 8.03. The lowest BCUT2D eigenvalue weighted by Gasteiger charge is -2.56. The molecule has 5 aliphatic rings. The van der Waals surface area contributed by atoms with Gasteiger partial charge in [-0.15, -0.1) is 0 Å². The first kappa shape index (κ1) is 24.0. The normalized spacial score (nSPS) is 30.6. The van der Waals surface area contributed by atoms with Crippen LogP contribution in [-0.2, 0) is 4.79 Å². The van der Waals surface area contributed by atoms with E-state index in [-0.39, 0.29) is 11.3 Å². The number of nitrogens with one attached hydrogen (secondary N) is 3. The van der Waals surface area contributed by atoms with Gasteiger partial charge in [-0.25, -0.2) is 4.98 Å². The second kappa shape index (κ2) is 10.5. The van der Waals surface area contributed by atoms with Crippen LogP contribution in [0, 0.1) is 35.6 Å². The van der Waals surface area contributed by atoms with E-state index in [0.717, 1.165) is 66.1 Å². The number of nitrogens with zero attached hydrogens (tertiary/aromatic N) is 1. The average Bonchev–Trinajstić information content (AvgIpc) is 2.85. The number of rotatable bonds is 10. The number of fused-ring (bicyclic) bond motifs is 1. The Hall–Kier alpha value is -2.40. The second-order valence-corrected chi connectivity index (χ2v) is 12.2. The molecule has 0 saturated heterocycles. The molecule has 0 aliphatic heterocycles. The molecule has 1 aromatic heterocycles. The molecule has 5 aliphatic carbocycles. The van der Waals surface area contributed by atoms with Crippen molar-refractivity contribution >= 4 is 28.3 Å². The first-order valence-corrected chi connectivity index (χ1v) is 14.3. The highest BCUT2D eigenvalue weighted by Gasteiger charge is 2.51. The molecule has 191 valence electrons. The fourth-order valence-electron chi connectivity index (χ4n) is 8.03. The van der Waals surface area contributed by atoms with E-state index >= 15 is 0 Å². The van der Waals surface area contributed by atoms with Gasteiger partial charge in [0.15, 0.2) is 0 Å². The van der Waals surface area contributed by atoms with Crippen molar-refractivity contribution in [2.24, 2.45) is 29.1 Å². The third-order valence-electron chi connectivity index (χ3n) is 9.17. The van der Waals surface area contributed by atoms with Crippen LogP contribution in [0.25, 0.3) is 10.9 Å². The molecule has 7 rings (SSSR count). The maximum Gasteiger partial charge on any atom is 0.224 e. The van der Waals surface area contributed by atoms with E-state index in [1.54, 1.807) is 0 Å². The van der Waals surface area contributed by atoms with Crippen LogP contribution in [0.5, 0.6) is 0 Å². The molecule has 1 aromatic carbocycles. The smallest absolute Gasteiger partial charge is 0.224 e. The molecule has 5 nitrogen and oxygen atoms in total. The molecule has 1 unspecified atom stereocenters. The van der Waals surface area contributed by atoms with Gasteiger partial charge in [-0.1, -0.05) is 18.2 Å². The van der Waals surface area contributed by atoms with Gasteiger partial charge in [0, 0.05) is 24.9 Å². The van der Waals surface area contributed by atoms with Crippen molar-refractivity contribution in [1.29, 1.82) is 0 Å². The largest absolute Gasteiger partial charge is 0.370 e. The zero-order valence-electron chi connectivity index (χ0n) is 21.5. The number of benzene rings is 1. The summed E-state index contributed by atoms with van der Waals surface area (Å²) >= 11 is 0. The van der Waals surface area contributed by atoms with Gasteiger partial charge in [-0.3, -0.25) is 4.79 Å². The van der Waals surface area contributed by atoms with Crippen LogP contribution >= 0.6 is 0 Å². The molecule has 4 bridgehead atoms.